The van der Waals surface area contributed by atoms with E-state index in [-0.39, 0.29) is 11.3 Å². The minimum Gasteiger partial charge on any atom is -0.345 e. The van der Waals surface area contributed by atoms with Crippen molar-refractivity contribution in [2.45, 2.75) is 0 Å². The monoisotopic (exact) mass is 261 g/mol. The van der Waals surface area contributed by atoms with Gasteiger partial charge in [0.05, 0.1) is 18.1 Å². The summed E-state index contributed by atoms with van der Waals surface area (Å²) in [7, 11) is 0. The second-order valence-electron chi connectivity index (χ2n) is 3.58. The molecule has 0 fully saturated rings. The van der Waals surface area contributed by atoms with E-state index < -0.39 is 0 Å². The number of nitrogens with zero attached hydrogens (tertiary/aromatic N) is 6. The van der Waals surface area contributed by atoms with Crippen LogP contribution in [-0.4, -0.2) is 15.0 Å². The van der Waals surface area contributed by atoms with Crippen LogP contribution in [0.4, 0.5) is 5.69 Å². The first-order valence-corrected chi connectivity index (χ1v) is 5.47. The first-order chi connectivity index (χ1) is 9.78. The highest BCUT2D eigenvalue weighted by Crippen LogP contribution is 2.16. The maximum absolute atomic E-state index is 8.97. The Balaban J connectivity index is 2.35. The predicted octanol–water partition coefficient (Wildman–Crippen LogP) is 1.50. The number of hydrogen-bond donors (Lipinski definition) is 1. The van der Waals surface area contributed by atoms with Crippen LogP contribution in [0, 0.1) is 34.0 Å². The highest BCUT2D eigenvalue weighted by atomic mass is 15.5. The van der Waals surface area contributed by atoms with Crippen molar-refractivity contribution in [3.05, 3.63) is 47.9 Å². The molecule has 0 aliphatic heterocycles. The summed E-state index contributed by atoms with van der Waals surface area (Å²) in [5, 5.41) is 37.2. The van der Waals surface area contributed by atoms with Crippen LogP contribution in [0.2, 0.25) is 0 Å². The van der Waals surface area contributed by atoms with E-state index in [2.05, 4.69) is 15.5 Å². The SMILES string of the molecule is N#CC(C#N)=C(C#N)Nc1cccc(-n2nccn2)c1. The molecule has 1 aromatic carbocycles. The molecule has 0 unspecified atom stereocenters. The van der Waals surface area contributed by atoms with E-state index in [1.165, 1.54) is 4.80 Å². The van der Waals surface area contributed by atoms with Gasteiger partial charge in [-0.1, -0.05) is 6.07 Å². The van der Waals surface area contributed by atoms with Crippen LogP contribution in [0.25, 0.3) is 5.69 Å². The third-order valence-electron chi connectivity index (χ3n) is 2.35. The molecule has 0 atom stereocenters. The van der Waals surface area contributed by atoms with Crippen LogP contribution < -0.4 is 5.32 Å². The van der Waals surface area contributed by atoms with Gasteiger partial charge in [-0.05, 0) is 18.2 Å². The molecule has 0 bridgehead atoms. The number of nitrogens with one attached hydrogen (secondary N) is 1. The molecule has 0 aliphatic carbocycles. The molecule has 0 saturated heterocycles. The van der Waals surface area contributed by atoms with Gasteiger partial charge in [0.1, 0.15) is 23.9 Å². The maximum atomic E-state index is 8.97. The molecule has 2 rings (SSSR count). The van der Waals surface area contributed by atoms with Gasteiger partial charge in [-0.15, -0.1) is 0 Å². The molecule has 7 heteroatoms. The number of benzene rings is 1. The molecule has 7 nitrogen and oxygen atoms in total. The molecule has 20 heavy (non-hydrogen) atoms. The Morgan fingerprint density at radius 1 is 1.05 bits per heavy atom. The molecule has 0 amide bonds. The molecule has 0 saturated carbocycles. The van der Waals surface area contributed by atoms with Gasteiger partial charge in [-0.3, -0.25) is 0 Å². The Hall–Kier alpha value is -3.63. The van der Waals surface area contributed by atoms with Crippen molar-refractivity contribution in [1.29, 1.82) is 15.8 Å². The van der Waals surface area contributed by atoms with Crippen LogP contribution in [0.15, 0.2) is 47.9 Å². The molecule has 1 aromatic heterocycles. The van der Waals surface area contributed by atoms with Gasteiger partial charge >= 0.3 is 0 Å². The number of nitriles is 3. The number of allylic oxidation sites excluding steroid dienone is 2. The first kappa shape index (κ1) is 12.8. The van der Waals surface area contributed by atoms with Gasteiger partial charge in [0.2, 0.25) is 0 Å². The van der Waals surface area contributed by atoms with E-state index in [1.807, 2.05) is 0 Å². The highest BCUT2D eigenvalue weighted by Gasteiger charge is 2.07. The molecule has 1 N–H and O–H groups in total. The number of aromatic nitrogens is 3. The van der Waals surface area contributed by atoms with Crippen LogP contribution >= 0.6 is 0 Å². The van der Waals surface area contributed by atoms with E-state index in [0.29, 0.717) is 11.4 Å². The van der Waals surface area contributed by atoms with E-state index in [0.717, 1.165) is 0 Å². The average molecular weight is 261 g/mol. The quantitative estimate of drug-likeness (QED) is 0.837. The second kappa shape index (κ2) is 5.81. The van der Waals surface area contributed by atoms with Gasteiger partial charge in [-0.25, -0.2) is 0 Å². The molecule has 0 spiro atoms. The van der Waals surface area contributed by atoms with Gasteiger partial charge in [0.25, 0.3) is 0 Å². The molecule has 94 valence electrons. The van der Waals surface area contributed by atoms with Crippen LogP contribution in [0.3, 0.4) is 0 Å². The molecular weight excluding hydrogens is 254 g/mol. The molecule has 0 aliphatic rings. The lowest BCUT2D eigenvalue weighted by Gasteiger charge is -2.06. The fourth-order valence-electron chi connectivity index (χ4n) is 1.48. The van der Waals surface area contributed by atoms with Gasteiger partial charge in [-0.2, -0.15) is 30.8 Å². The molecule has 2 aromatic rings. The largest absolute Gasteiger partial charge is 0.345 e. The summed E-state index contributed by atoms with van der Waals surface area (Å²) < 4.78 is 0. The topological polar surface area (TPSA) is 114 Å². The molecule has 1 heterocycles. The predicted molar refractivity (Wildman–Crippen MR) is 68.8 cm³/mol. The van der Waals surface area contributed by atoms with Gasteiger partial charge < -0.3 is 5.32 Å². The third kappa shape index (κ3) is 2.61. The van der Waals surface area contributed by atoms with Crippen molar-refractivity contribution >= 4 is 5.69 Å². The zero-order valence-electron chi connectivity index (χ0n) is 10.1. The van der Waals surface area contributed by atoms with Crippen LogP contribution in [0.1, 0.15) is 0 Å². The van der Waals surface area contributed by atoms with Crippen molar-refractivity contribution in [2.24, 2.45) is 0 Å². The van der Waals surface area contributed by atoms with Crippen molar-refractivity contribution in [3.8, 4) is 23.9 Å². The summed E-state index contributed by atoms with van der Waals surface area (Å²) in [6.07, 6.45) is 3.09. The smallest absolute Gasteiger partial charge is 0.163 e. The van der Waals surface area contributed by atoms with Crippen LogP contribution in [0.5, 0.6) is 0 Å². The Labute approximate surface area is 114 Å². The number of hydrogen-bond acceptors (Lipinski definition) is 6. The van der Waals surface area contributed by atoms with Crippen molar-refractivity contribution < 1.29 is 0 Å². The normalized spacial score (nSPS) is 8.85. The maximum Gasteiger partial charge on any atom is 0.163 e. The lowest BCUT2D eigenvalue weighted by molar-refractivity contribution is 0.752. The summed E-state index contributed by atoms with van der Waals surface area (Å²) in [6.45, 7) is 0. The van der Waals surface area contributed by atoms with Gasteiger partial charge in [0, 0.05) is 5.69 Å². The summed E-state index contributed by atoms with van der Waals surface area (Å²) in [6, 6.07) is 12.1. The lowest BCUT2D eigenvalue weighted by atomic mass is 10.2. The Morgan fingerprint density at radius 3 is 2.35 bits per heavy atom. The molecule has 0 radical (unpaired) electrons. The first-order valence-electron chi connectivity index (χ1n) is 5.47. The molecular formula is C13H7N7. The minimum atomic E-state index is -0.268. The number of anilines is 1. The van der Waals surface area contributed by atoms with Crippen LogP contribution in [-0.2, 0) is 0 Å². The summed E-state index contributed by atoms with van der Waals surface area (Å²) in [5.41, 5.74) is 0.878. The average Bonchev–Trinajstić information content (AvgIpc) is 3.02. The summed E-state index contributed by atoms with van der Waals surface area (Å²) in [4.78, 5) is 1.41. The third-order valence-corrected chi connectivity index (χ3v) is 2.35. The summed E-state index contributed by atoms with van der Waals surface area (Å²) >= 11 is 0. The minimum absolute atomic E-state index is 0.0967. The second-order valence-corrected chi connectivity index (χ2v) is 3.58. The zero-order valence-corrected chi connectivity index (χ0v) is 10.1. The van der Waals surface area contributed by atoms with Gasteiger partial charge in [0.15, 0.2) is 5.57 Å². The van der Waals surface area contributed by atoms with Crippen molar-refractivity contribution in [2.75, 3.05) is 5.32 Å². The Bertz CT molecular complexity index is 750. The Kier molecular flexibility index (Phi) is 3.72. The lowest BCUT2D eigenvalue weighted by Crippen LogP contribution is -2.03. The van der Waals surface area contributed by atoms with E-state index in [1.54, 1.807) is 54.9 Å². The highest BCUT2D eigenvalue weighted by molar-refractivity contribution is 5.60. The number of rotatable bonds is 3. The summed E-state index contributed by atoms with van der Waals surface area (Å²) in [5.74, 6) is 0. The van der Waals surface area contributed by atoms with Crippen molar-refractivity contribution in [1.82, 2.24) is 15.0 Å². The van der Waals surface area contributed by atoms with E-state index in [4.69, 9.17) is 15.8 Å². The fourth-order valence-corrected chi connectivity index (χ4v) is 1.48. The Morgan fingerprint density at radius 2 is 1.75 bits per heavy atom. The standard InChI is InChI=1S/C13H7N7/c14-7-10(8-15)13(9-16)19-11-2-1-3-12(6-11)20-17-4-5-18-20/h1-6,19H. The van der Waals surface area contributed by atoms with Crippen molar-refractivity contribution in [3.63, 3.8) is 0 Å². The van der Waals surface area contributed by atoms with E-state index >= 15 is 0 Å². The van der Waals surface area contributed by atoms with E-state index in [9.17, 15) is 0 Å². The zero-order chi connectivity index (χ0) is 14.4. The fraction of sp³-hybridized carbons (Fsp3) is 0.